The highest BCUT2D eigenvalue weighted by atomic mass is 32.2. The van der Waals surface area contributed by atoms with Crippen molar-refractivity contribution in [3.8, 4) is 0 Å². The summed E-state index contributed by atoms with van der Waals surface area (Å²) in [6.45, 7) is 2.06. The second kappa shape index (κ2) is 9.98. The summed E-state index contributed by atoms with van der Waals surface area (Å²) in [7, 11) is 1.81. The van der Waals surface area contributed by atoms with Gasteiger partial charge < -0.3 is 10.1 Å². The minimum atomic E-state index is -0.384. The SMILES string of the molecule is CCOC(=O)c1c(NC(=O)CSC2=NC(=Cc3cnn(C)c3)C(=O)N2C2CC2)sc2c1CCCC2. The Labute approximate surface area is 211 Å². The summed E-state index contributed by atoms with van der Waals surface area (Å²) in [6, 6.07) is 0.135. The molecule has 2 aliphatic carbocycles. The van der Waals surface area contributed by atoms with Gasteiger partial charge in [-0.2, -0.15) is 5.10 Å². The smallest absolute Gasteiger partial charge is 0.341 e. The standard InChI is InChI=1S/C24H27N5O4S2/c1-3-33-23(32)20-16-6-4-5-7-18(16)35-21(20)27-19(30)13-34-24-26-17(10-14-11-25-28(2)12-14)22(31)29(24)15-8-9-15/h10-12,15H,3-9,13H2,1-2H3,(H,27,30). The number of fused-ring (bicyclic) bond motifs is 1. The Morgan fingerprint density at radius 2 is 2.11 bits per heavy atom. The molecule has 1 N–H and O–H groups in total. The second-order valence-electron chi connectivity index (χ2n) is 8.75. The summed E-state index contributed by atoms with van der Waals surface area (Å²) in [6.07, 6.45) is 10.9. The number of nitrogens with one attached hydrogen (secondary N) is 1. The van der Waals surface area contributed by atoms with E-state index in [0.29, 0.717) is 21.4 Å². The van der Waals surface area contributed by atoms with E-state index in [0.717, 1.165) is 54.5 Å². The van der Waals surface area contributed by atoms with Gasteiger partial charge in [0, 0.05) is 29.7 Å². The van der Waals surface area contributed by atoms with Crippen LogP contribution in [-0.2, 0) is 34.2 Å². The summed E-state index contributed by atoms with van der Waals surface area (Å²) < 4.78 is 6.94. The van der Waals surface area contributed by atoms with E-state index >= 15 is 0 Å². The molecule has 1 fully saturated rings. The molecule has 3 aliphatic rings. The quantitative estimate of drug-likeness (QED) is 0.448. The maximum atomic E-state index is 13.0. The van der Waals surface area contributed by atoms with Gasteiger partial charge in [0.25, 0.3) is 5.91 Å². The molecule has 5 rings (SSSR count). The lowest BCUT2D eigenvalue weighted by Gasteiger charge is -2.16. The zero-order valence-corrected chi connectivity index (χ0v) is 21.3. The topological polar surface area (TPSA) is 106 Å². The van der Waals surface area contributed by atoms with Crippen LogP contribution in [0, 0.1) is 0 Å². The molecule has 0 atom stereocenters. The number of hydrogen-bond donors (Lipinski definition) is 1. The third-order valence-electron chi connectivity index (χ3n) is 6.04. The van der Waals surface area contributed by atoms with Crippen LogP contribution in [0.1, 0.15) is 59.0 Å². The number of carbonyl (C=O) groups excluding carboxylic acids is 3. The van der Waals surface area contributed by atoms with Crippen molar-refractivity contribution < 1.29 is 19.1 Å². The third kappa shape index (κ3) is 5.06. The lowest BCUT2D eigenvalue weighted by Crippen LogP contribution is -2.33. The molecule has 0 radical (unpaired) electrons. The molecule has 2 aromatic heterocycles. The van der Waals surface area contributed by atoms with Crippen molar-refractivity contribution >= 4 is 57.1 Å². The normalized spacial score (nSPS) is 18.6. The number of amides is 2. The lowest BCUT2D eigenvalue weighted by molar-refractivity contribution is -0.123. The number of thioether (sulfide) groups is 1. The molecule has 0 spiro atoms. The minimum absolute atomic E-state index is 0.0837. The molecule has 11 heteroatoms. The predicted molar refractivity (Wildman–Crippen MR) is 136 cm³/mol. The number of aliphatic imine (C=N–C) groups is 1. The number of rotatable bonds is 7. The van der Waals surface area contributed by atoms with Crippen LogP contribution in [0.15, 0.2) is 23.1 Å². The van der Waals surface area contributed by atoms with E-state index < -0.39 is 0 Å². The Morgan fingerprint density at radius 1 is 1.31 bits per heavy atom. The molecule has 0 aromatic carbocycles. The second-order valence-corrected chi connectivity index (χ2v) is 10.8. The Hall–Kier alpha value is -2.92. The van der Waals surface area contributed by atoms with Crippen molar-refractivity contribution in [3.63, 3.8) is 0 Å². The molecule has 184 valence electrons. The van der Waals surface area contributed by atoms with E-state index in [-0.39, 0.29) is 36.2 Å². The van der Waals surface area contributed by atoms with Crippen LogP contribution < -0.4 is 5.32 Å². The monoisotopic (exact) mass is 513 g/mol. The van der Waals surface area contributed by atoms with Gasteiger partial charge in [0.05, 0.1) is 24.1 Å². The number of aryl methyl sites for hydroxylation is 2. The number of nitrogens with zero attached hydrogens (tertiary/aromatic N) is 4. The van der Waals surface area contributed by atoms with E-state index in [1.165, 1.54) is 23.1 Å². The molecule has 35 heavy (non-hydrogen) atoms. The fraction of sp³-hybridized carbons (Fsp3) is 0.458. The first-order valence-corrected chi connectivity index (χ1v) is 13.6. The van der Waals surface area contributed by atoms with E-state index in [1.54, 1.807) is 28.8 Å². The van der Waals surface area contributed by atoms with Gasteiger partial charge in [-0.1, -0.05) is 11.8 Å². The van der Waals surface area contributed by atoms with E-state index in [2.05, 4.69) is 15.4 Å². The molecule has 1 aliphatic heterocycles. The molecule has 0 bridgehead atoms. The van der Waals surface area contributed by atoms with Gasteiger partial charge in [-0.3, -0.25) is 19.2 Å². The average molecular weight is 514 g/mol. The zero-order valence-electron chi connectivity index (χ0n) is 19.7. The highest BCUT2D eigenvalue weighted by molar-refractivity contribution is 8.14. The van der Waals surface area contributed by atoms with Crippen LogP contribution in [0.3, 0.4) is 0 Å². The van der Waals surface area contributed by atoms with Crippen LogP contribution in [-0.4, -0.2) is 56.0 Å². The molecular formula is C24H27N5O4S2. The highest BCUT2D eigenvalue weighted by Gasteiger charge is 2.41. The van der Waals surface area contributed by atoms with Crippen molar-refractivity contribution in [3.05, 3.63) is 39.7 Å². The Morgan fingerprint density at radius 3 is 2.83 bits per heavy atom. The number of anilines is 1. The summed E-state index contributed by atoms with van der Waals surface area (Å²) in [5, 5.41) is 8.16. The Kier molecular flexibility index (Phi) is 6.79. The van der Waals surface area contributed by atoms with Gasteiger partial charge in [0.15, 0.2) is 5.17 Å². The number of carbonyl (C=O) groups is 3. The lowest BCUT2D eigenvalue weighted by atomic mass is 9.95. The van der Waals surface area contributed by atoms with Crippen LogP contribution in [0.2, 0.25) is 0 Å². The van der Waals surface area contributed by atoms with Crippen molar-refractivity contribution in [1.29, 1.82) is 0 Å². The van der Waals surface area contributed by atoms with Gasteiger partial charge in [-0.05, 0) is 57.1 Å². The molecule has 2 amide bonds. The number of thiophene rings is 1. The molecule has 0 saturated heterocycles. The minimum Gasteiger partial charge on any atom is -0.462 e. The first-order valence-electron chi connectivity index (χ1n) is 11.8. The first kappa shape index (κ1) is 23.8. The van der Waals surface area contributed by atoms with Gasteiger partial charge >= 0.3 is 5.97 Å². The first-order chi connectivity index (χ1) is 16.9. The van der Waals surface area contributed by atoms with Crippen LogP contribution in [0.25, 0.3) is 6.08 Å². The van der Waals surface area contributed by atoms with Crippen LogP contribution in [0.5, 0.6) is 0 Å². The van der Waals surface area contributed by atoms with Gasteiger partial charge in [0.1, 0.15) is 10.7 Å². The summed E-state index contributed by atoms with van der Waals surface area (Å²) >= 11 is 2.71. The number of ether oxygens (including phenoxy) is 1. The molecular weight excluding hydrogens is 486 g/mol. The maximum absolute atomic E-state index is 13.0. The fourth-order valence-electron chi connectivity index (χ4n) is 4.30. The molecule has 3 heterocycles. The maximum Gasteiger partial charge on any atom is 0.341 e. The fourth-order valence-corrected chi connectivity index (χ4v) is 6.46. The highest BCUT2D eigenvalue weighted by Crippen LogP contribution is 2.39. The third-order valence-corrected chi connectivity index (χ3v) is 8.20. The molecule has 9 nitrogen and oxygen atoms in total. The van der Waals surface area contributed by atoms with Crippen LogP contribution in [0.4, 0.5) is 5.00 Å². The zero-order chi connectivity index (χ0) is 24.5. The molecule has 2 aromatic rings. The van der Waals surface area contributed by atoms with E-state index in [1.807, 2.05) is 13.2 Å². The van der Waals surface area contributed by atoms with Crippen molar-refractivity contribution in [2.45, 2.75) is 51.5 Å². The Bertz CT molecular complexity index is 1240. The van der Waals surface area contributed by atoms with E-state index in [9.17, 15) is 14.4 Å². The predicted octanol–water partition coefficient (Wildman–Crippen LogP) is 3.61. The van der Waals surface area contributed by atoms with E-state index in [4.69, 9.17) is 4.74 Å². The van der Waals surface area contributed by atoms with Gasteiger partial charge in [-0.15, -0.1) is 11.3 Å². The molecule has 0 unspecified atom stereocenters. The van der Waals surface area contributed by atoms with Gasteiger partial charge in [0.2, 0.25) is 5.91 Å². The number of hydrogen-bond acceptors (Lipinski definition) is 8. The molecule has 1 saturated carbocycles. The number of esters is 1. The van der Waals surface area contributed by atoms with Crippen LogP contribution >= 0.6 is 23.1 Å². The summed E-state index contributed by atoms with van der Waals surface area (Å²) in [5.41, 5.74) is 2.66. The summed E-state index contributed by atoms with van der Waals surface area (Å²) in [4.78, 5) is 45.9. The largest absolute Gasteiger partial charge is 0.462 e. The number of aromatic nitrogens is 2. The van der Waals surface area contributed by atoms with Crippen molar-refractivity contribution in [2.75, 3.05) is 17.7 Å². The Balaban J connectivity index is 1.30. The van der Waals surface area contributed by atoms with Crippen molar-refractivity contribution in [1.82, 2.24) is 14.7 Å². The number of amidine groups is 1. The van der Waals surface area contributed by atoms with Gasteiger partial charge in [-0.25, -0.2) is 9.79 Å². The average Bonchev–Trinajstić information content (AvgIpc) is 3.36. The van der Waals surface area contributed by atoms with Crippen molar-refractivity contribution in [2.24, 2.45) is 12.0 Å². The summed E-state index contributed by atoms with van der Waals surface area (Å²) in [5.74, 6) is -0.685.